The molecular weight excluding hydrogens is 278 g/mol. The van der Waals surface area contributed by atoms with Gasteiger partial charge in [0, 0.05) is 24.5 Å². The molecule has 1 aliphatic heterocycles. The Kier molecular flexibility index (Phi) is 3.84. The summed E-state index contributed by atoms with van der Waals surface area (Å²) in [5, 5.41) is 3.79. The third-order valence-corrected chi connectivity index (χ3v) is 7.20. The first-order valence-corrected chi connectivity index (χ1v) is 11.8. The summed E-state index contributed by atoms with van der Waals surface area (Å²) in [5.74, 6) is 0. The molecule has 1 aromatic heterocycles. The summed E-state index contributed by atoms with van der Waals surface area (Å²) >= 11 is 1.92. The minimum atomic E-state index is -1.16. The number of benzene rings is 1. The van der Waals surface area contributed by atoms with E-state index in [0.717, 1.165) is 13.1 Å². The summed E-state index contributed by atoms with van der Waals surface area (Å²) in [5.41, 5.74) is 2.99. The van der Waals surface area contributed by atoms with Gasteiger partial charge in [0.2, 0.25) is 0 Å². The highest BCUT2D eigenvalue weighted by atomic mass is 32.1. The zero-order chi connectivity index (χ0) is 14.2. The molecule has 0 unspecified atom stereocenters. The van der Waals surface area contributed by atoms with E-state index in [2.05, 4.69) is 60.3 Å². The highest BCUT2D eigenvalue weighted by Gasteiger charge is 2.18. The SMILES string of the molecule is C[Si](C)(C)c1ccc(CN2CCc3sccc3C2)cc1. The molecule has 1 nitrogen and oxygen atoms in total. The fraction of sp³-hybridized carbons (Fsp3) is 0.412. The van der Waals surface area contributed by atoms with Crippen LogP contribution in [0, 0.1) is 0 Å². The van der Waals surface area contributed by atoms with Crippen molar-refractivity contribution in [2.24, 2.45) is 0 Å². The minimum absolute atomic E-state index is 1.08. The molecule has 20 heavy (non-hydrogen) atoms. The molecule has 0 aliphatic carbocycles. The van der Waals surface area contributed by atoms with Crippen LogP contribution in [0.15, 0.2) is 35.7 Å². The van der Waals surface area contributed by atoms with Gasteiger partial charge in [0.05, 0.1) is 8.07 Å². The van der Waals surface area contributed by atoms with Crippen LogP contribution in [0.25, 0.3) is 0 Å². The highest BCUT2D eigenvalue weighted by Crippen LogP contribution is 2.24. The lowest BCUT2D eigenvalue weighted by Crippen LogP contribution is -2.37. The van der Waals surface area contributed by atoms with Crippen molar-refractivity contribution in [1.82, 2.24) is 4.90 Å². The molecule has 3 rings (SSSR count). The van der Waals surface area contributed by atoms with Crippen molar-refractivity contribution < 1.29 is 0 Å². The van der Waals surface area contributed by atoms with Gasteiger partial charge < -0.3 is 0 Å². The predicted molar refractivity (Wildman–Crippen MR) is 91.6 cm³/mol. The lowest BCUT2D eigenvalue weighted by molar-refractivity contribution is 0.247. The van der Waals surface area contributed by atoms with Gasteiger partial charge in [-0.15, -0.1) is 11.3 Å². The first-order chi connectivity index (χ1) is 9.52. The maximum absolute atomic E-state index is 2.57. The average Bonchev–Trinajstić information content (AvgIpc) is 2.86. The van der Waals surface area contributed by atoms with E-state index in [-0.39, 0.29) is 0 Å². The second-order valence-corrected chi connectivity index (χ2v) is 12.9. The molecule has 0 saturated heterocycles. The molecule has 0 saturated carbocycles. The quantitative estimate of drug-likeness (QED) is 0.778. The molecule has 0 atom stereocenters. The van der Waals surface area contributed by atoms with Crippen LogP contribution in [0.2, 0.25) is 19.6 Å². The Morgan fingerprint density at radius 3 is 2.55 bits per heavy atom. The van der Waals surface area contributed by atoms with E-state index in [0.29, 0.717) is 0 Å². The molecule has 0 radical (unpaired) electrons. The fourth-order valence-corrected chi connectivity index (χ4v) is 4.87. The van der Waals surface area contributed by atoms with Gasteiger partial charge >= 0.3 is 0 Å². The summed E-state index contributed by atoms with van der Waals surface area (Å²) in [7, 11) is -1.16. The number of hydrogen-bond acceptors (Lipinski definition) is 2. The average molecular weight is 302 g/mol. The Hall–Kier alpha value is -0.903. The van der Waals surface area contributed by atoms with E-state index < -0.39 is 8.07 Å². The number of nitrogens with zero attached hydrogens (tertiary/aromatic N) is 1. The van der Waals surface area contributed by atoms with Gasteiger partial charge in [-0.05, 0) is 29.0 Å². The first kappa shape index (κ1) is 14.1. The van der Waals surface area contributed by atoms with Crippen molar-refractivity contribution >= 4 is 24.6 Å². The van der Waals surface area contributed by atoms with Gasteiger partial charge in [-0.1, -0.05) is 49.1 Å². The topological polar surface area (TPSA) is 3.24 Å². The summed E-state index contributed by atoms with van der Waals surface area (Å²) in [6, 6.07) is 11.6. The Labute approximate surface area is 127 Å². The summed E-state index contributed by atoms with van der Waals surface area (Å²) < 4.78 is 0. The van der Waals surface area contributed by atoms with Crippen molar-refractivity contribution in [1.29, 1.82) is 0 Å². The number of fused-ring (bicyclic) bond motifs is 1. The highest BCUT2D eigenvalue weighted by molar-refractivity contribution is 7.10. The Bertz CT molecular complexity index is 580. The lowest BCUT2D eigenvalue weighted by atomic mass is 10.1. The molecule has 0 N–H and O–H groups in total. The molecule has 3 heteroatoms. The summed E-state index contributed by atoms with van der Waals surface area (Å²) in [6.07, 6.45) is 1.22. The van der Waals surface area contributed by atoms with Gasteiger partial charge in [0.25, 0.3) is 0 Å². The molecule has 1 aromatic carbocycles. The van der Waals surface area contributed by atoms with Crippen LogP contribution in [-0.2, 0) is 19.5 Å². The normalized spacial score (nSPS) is 16.1. The van der Waals surface area contributed by atoms with Crippen molar-refractivity contribution in [3.05, 3.63) is 51.7 Å². The van der Waals surface area contributed by atoms with E-state index in [4.69, 9.17) is 0 Å². The number of hydrogen-bond donors (Lipinski definition) is 0. The molecule has 2 aromatic rings. The van der Waals surface area contributed by atoms with E-state index in [1.807, 2.05) is 11.3 Å². The maximum Gasteiger partial charge on any atom is 0.0775 e. The molecule has 1 aliphatic rings. The van der Waals surface area contributed by atoms with E-state index in [1.165, 1.54) is 18.5 Å². The molecule has 2 heterocycles. The van der Waals surface area contributed by atoms with Gasteiger partial charge in [-0.25, -0.2) is 0 Å². The van der Waals surface area contributed by atoms with Crippen LogP contribution in [0.1, 0.15) is 16.0 Å². The molecule has 106 valence electrons. The van der Waals surface area contributed by atoms with Crippen molar-refractivity contribution in [3.8, 4) is 0 Å². The third-order valence-electron chi connectivity index (χ3n) is 4.11. The monoisotopic (exact) mass is 301 g/mol. The molecule has 0 bridgehead atoms. The maximum atomic E-state index is 2.57. The lowest BCUT2D eigenvalue weighted by Gasteiger charge is -2.27. The van der Waals surface area contributed by atoms with Gasteiger partial charge in [-0.3, -0.25) is 4.90 Å². The van der Waals surface area contributed by atoms with Gasteiger partial charge in [0.1, 0.15) is 0 Å². The van der Waals surface area contributed by atoms with E-state index >= 15 is 0 Å². The fourth-order valence-electron chi connectivity index (χ4n) is 2.81. The Morgan fingerprint density at radius 2 is 1.85 bits per heavy atom. The Balaban J connectivity index is 1.67. The number of thiophene rings is 1. The Morgan fingerprint density at radius 1 is 1.10 bits per heavy atom. The van der Waals surface area contributed by atoms with E-state index in [9.17, 15) is 0 Å². The zero-order valence-corrected chi connectivity index (χ0v) is 14.5. The molecule has 0 fully saturated rings. The van der Waals surface area contributed by atoms with Crippen LogP contribution in [0.3, 0.4) is 0 Å². The largest absolute Gasteiger partial charge is 0.294 e. The van der Waals surface area contributed by atoms with Crippen LogP contribution < -0.4 is 5.19 Å². The first-order valence-electron chi connectivity index (χ1n) is 7.39. The van der Waals surface area contributed by atoms with Crippen molar-refractivity contribution in [2.45, 2.75) is 39.2 Å². The van der Waals surface area contributed by atoms with Gasteiger partial charge in [-0.2, -0.15) is 0 Å². The standard InChI is InChI=1S/C17H23NSSi/c1-20(2,3)16-6-4-14(5-7-16)12-18-10-8-17-15(13-18)9-11-19-17/h4-7,9,11H,8,10,12-13H2,1-3H3. The summed E-state index contributed by atoms with van der Waals surface area (Å²) in [4.78, 5) is 4.16. The minimum Gasteiger partial charge on any atom is -0.294 e. The predicted octanol–water partition coefficient (Wildman–Crippen LogP) is 3.85. The van der Waals surface area contributed by atoms with Gasteiger partial charge in [0.15, 0.2) is 0 Å². The van der Waals surface area contributed by atoms with Crippen molar-refractivity contribution in [3.63, 3.8) is 0 Å². The smallest absolute Gasteiger partial charge is 0.0775 e. The van der Waals surface area contributed by atoms with Crippen LogP contribution in [0.4, 0.5) is 0 Å². The summed E-state index contributed by atoms with van der Waals surface area (Å²) in [6.45, 7) is 10.6. The zero-order valence-electron chi connectivity index (χ0n) is 12.6. The molecule has 0 amide bonds. The second kappa shape index (κ2) is 5.47. The van der Waals surface area contributed by atoms with Crippen molar-refractivity contribution in [2.75, 3.05) is 6.54 Å². The molecular formula is C17H23NSSi. The van der Waals surface area contributed by atoms with Crippen LogP contribution in [0.5, 0.6) is 0 Å². The third kappa shape index (κ3) is 3.05. The van der Waals surface area contributed by atoms with Crippen LogP contribution >= 0.6 is 11.3 Å². The second-order valence-electron chi connectivity index (χ2n) is 6.78. The van der Waals surface area contributed by atoms with E-state index in [1.54, 1.807) is 15.6 Å². The van der Waals surface area contributed by atoms with Crippen LogP contribution in [-0.4, -0.2) is 19.5 Å². The molecule has 0 spiro atoms. The number of rotatable bonds is 3.